The summed E-state index contributed by atoms with van der Waals surface area (Å²) < 4.78 is 0. The minimum atomic E-state index is -0.567. The lowest BCUT2D eigenvalue weighted by molar-refractivity contribution is -0.135. The second-order valence-corrected chi connectivity index (χ2v) is 10.0. The van der Waals surface area contributed by atoms with Gasteiger partial charge in [0.15, 0.2) is 0 Å². The molecule has 0 aromatic carbocycles. The minimum absolute atomic E-state index is 0.00129. The Morgan fingerprint density at radius 2 is 1.80 bits per heavy atom. The molecule has 3 fully saturated rings. The van der Waals surface area contributed by atoms with E-state index in [9.17, 15) is 15.0 Å². The van der Waals surface area contributed by atoms with E-state index in [1.165, 1.54) is 11.1 Å². The van der Waals surface area contributed by atoms with Crippen LogP contribution in [0.3, 0.4) is 0 Å². The number of aliphatic hydroxyl groups excluding tert-OH is 1. The average molecular weight is 347 g/mol. The highest BCUT2D eigenvalue weighted by Gasteiger charge is 2.63. The van der Waals surface area contributed by atoms with Crippen LogP contribution in [0.4, 0.5) is 0 Å². The van der Waals surface area contributed by atoms with Crippen molar-refractivity contribution in [3.05, 3.63) is 11.1 Å². The number of fused-ring (bicyclic) bond motifs is 5. The zero-order valence-electron chi connectivity index (χ0n) is 16.3. The van der Waals surface area contributed by atoms with E-state index < -0.39 is 5.60 Å². The van der Waals surface area contributed by atoms with E-state index in [0.29, 0.717) is 30.0 Å². The van der Waals surface area contributed by atoms with Gasteiger partial charge in [-0.3, -0.25) is 4.79 Å². The summed E-state index contributed by atoms with van der Waals surface area (Å²) >= 11 is 0. The Hall–Kier alpha value is -0.670. The number of Topliss-reactive ketones (excluding diaryl/α,β-unsaturated/α-hetero) is 1. The van der Waals surface area contributed by atoms with E-state index in [2.05, 4.69) is 20.8 Å². The summed E-state index contributed by atoms with van der Waals surface area (Å²) in [6.45, 7) is 8.77. The molecule has 25 heavy (non-hydrogen) atoms. The Balaban J connectivity index is 1.80. The number of rotatable bonds is 1. The number of ketones is 1. The van der Waals surface area contributed by atoms with Crippen LogP contribution in [0.1, 0.15) is 72.6 Å². The maximum Gasteiger partial charge on any atom is 0.139 e. The van der Waals surface area contributed by atoms with E-state index in [1.807, 2.05) is 6.92 Å². The molecule has 2 N–H and O–H groups in total. The average Bonchev–Trinajstić information content (AvgIpc) is 2.81. The number of allylic oxidation sites excluding steroid dienone is 1. The third-order valence-corrected chi connectivity index (χ3v) is 9.26. The first kappa shape index (κ1) is 17.7. The van der Waals surface area contributed by atoms with Crippen molar-refractivity contribution in [3.8, 4) is 0 Å². The van der Waals surface area contributed by atoms with E-state index in [1.54, 1.807) is 0 Å². The molecule has 0 aromatic rings. The van der Waals surface area contributed by atoms with Gasteiger partial charge < -0.3 is 10.2 Å². The fourth-order valence-corrected chi connectivity index (χ4v) is 7.72. The molecule has 3 nitrogen and oxygen atoms in total. The highest BCUT2D eigenvalue weighted by molar-refractivity contribution is 5.85. The number of hydrogen-bond acceptors (Lipinski definition) is 3. The monoisotopic (exact) mass is 346 g/mol. The van der Waals surface area contributed by atoms with Crippen LogP contribution in [0.15, 0.2) is 11.1 Å². The van der Waals surface area contributed by atoms with Gasteiger partial charge in [-0.05, 0) is 75.5 Å². The van der Waals surface area contributed by atoms with Gasteiger partial charge in [-0.15, -0.1) is 0 Å². The summed E-state index contributed by atoms with van der Waals surface area (Å²) in [5.41, 5.74) is 1.88. The van der Waals surface area contributed by atoms with Crippen LogP contribution >= 0.6 is 0 Å². The molecule has 4 aliphatic rings. The lowest BCUT2D eigenvalue weighted by Crippen LogP contribution is -2.56. The lowest BCUT2D eigenvalue weighted by Gasteiger charge is -2.60. The molecule has 0 unspecified atom stereocenters. The standard InChI is InChI=1S/C22H34O3/c1-13-11-15-16-6-9-21(4,25)20(16,3)8-5-17(15)22(12-23)10-7-18(24)14(2)19(13)22/h14-17,23,25H,5-12H2,1-4H3/t14-,15+,16+,17+,20+,21+,22+/m1/s1. The number of carbonyl (C=O) groups is 1. The molecule has 0 amide bonds. The van der Waals surface area contributed by atoms with E-state index in [-0.39, 0.29) is 23.4 Å². The Labute approximate surface area is 151 Å². The van der Waals surface area contributed by atoms with Gasteiger partial charge in [0.25, 0.3) is 0 Å². The Bertz CT molecular complexity index is 633. The van der Waals surface area contributed by atoms with Crippen LogP contribution in [0.25, 0.3) is 0 Å². The molecular formula is C22H34O3. The maximum absolute atomic E-state index is 12.4. The zero-order valence-corrected chi connectivity index (χ0v) is 16.3. The highest BCUT2D eigenvalue weighted by atomic mass is 16.3. The molecule has 4 rings (SSSR count). The van der Waals surface area contributed by atoms with Gasteiger partial charge in [-0.1, -0.05) is 25.0 Å². The third-order valence-electron chi connectivity index (χ3n) is 9.26. The van der Waals surface area contributed by atoms with Crippen molar-refractivity contribution >= 4 is 5.78 Å². The lowest BCUT2D eigenvalue weighted by atomic mass is 9.45. The Morgan fingerprint density at radius 1 is 1.12 bits per heavy atom. The molecule has 3 heteroatoms. The fourth-order valence-electron chi connectivity index (χ4n) is 7.72. The largest absolute Gasteiger partial charge is 0.395 e. The van der Waals surface area contributed by atoms with Gasteiger partial charge in [0.1, 0.15) is 5.78 Å². The van der Waals surface area contributed by atoms with Crippen molar-refractivity contribution in [2.75, 3.05) is 6.61 Å². The predicted octanol–water partition coefficient (Wildman–Crippen LogP) is 3.88. The highest BCUT2D eigenvalue weighted by Crippen LogP contribution is 2.68. The normalized spacial score (nSPS) is 52.6. The maximum atomic E-state index is 12.4. The van der Waals surface area contributed by atoms with Crippen LogP contribution in [-0.4, -0.2) is 28.2 Å². The van der Waals surface area contributed by atoms with Crippen LogP contribution < -0.4 is 0 Å². The summed E-state index contributed by atoms with van der Waals surface area (Å²) in [5.74, 6) is 1.88. The molecule has 0 aliphatic heterocycles. The van der Waals surface area contributed by atoms with Crippen molar-refractivity contribution in [1.29, 1.82) is 0 Å². The summed E-state index contributed by atoms with van der Waals surface area (Å²) in [4.78, 5) is 12.4. The third kappa shape index (κ3) is 2.09. The quantitative estimate of drug-likeness (QED) is 0.709. The second-order valence-electron chi connectivity index (χ2n) is 10.0. The van der Waals surface area contributed by atoms with Gasteiger partial charge >= 0.3 is 0 Å². The van der Waals surface area contributed by atoms with Crippen LogP contribution in [-0.2, 0) is 4.79 Å². The molecule has 0 aromatic heterocycles. The number of carbonyl (C=O) groups excluding carboxylic acids is 1. The Kier molecular flexibility index (Phi) is 3.84. The van der Waals surface area contributed by atoms with Gasteiger partial charge in [0.2, 0.25) is 0 Å². The molecule has 0 saturated heterocycles. The first-order valence-electron chi connectivity index (χ1n) is 10.2. The van der Waals surface area contributed by atoms with Crippen molar-refractivity contribution < 1.29 is 15.0 Å². The van der Waals surface area contributed by atoms with Crippen LogP contribution in [0, 0.1) is 34.5 Å². The Morgan fingerprint density at radius 3 is 2.48 bits per heavy atom. The predicted molar refractivity (Wildman–Crippen MR) is 97.9 cm³/mol. The number of aliphatic hydroxyl groups is 2. The first-order chi connectivity index (χ1) is 11.7. The van der Waals surface area contributed by atoms with Gasteiger partial charge in [0, 0.05) is 17.8 Å². The smallest absolute Gasteiger partial charge is 0.139 e. The van der Waals surface area contributed by atoms with Crippen molar-refractivity contribution in [3.63, 3.8) is 0 Å². The molecule has 0 radical (unpaired) electrons. The summed E-state index contributed by atoms with van der Waals surface area (Å²) in [6, 6.07) is 0. The second kappa shape index (κ2) is 5.42. The van der Waals surface area contributed by atoms with Crippen LogP contribution in [0.5, 0.6) is 0 Å². The van der Waals surface area contributed by atoms with Crippen LogP contribution in [0.2, 0.25) is 0 Å². The molecule has 0 bridgehead atoms. The zero-order chi connectivity index (χ0) is 18.2. The number of hydrogen-bond donors (Lipinski definition) is 2. The summed E-state index contributed by atoms with van der Waals surface area (Å²) in [5, 5.41) is 21.6. The topological polar surface area (TPSA) is 57.5 Å². The fraction of sp³-hybridized carbons (Fsp3) is 0.864. The van der Waals surface area contributed by atoms with Crippen molar-refractivity contribution in [2.45, 2.75) is 78.2 Å². The molecule has 7 atom stereocenters. The van der Waals surface area contributed by atoms with E-state index in [4.69, 9.17) is 0 Å². The SMILES string of the molecule is CC1=C2[C@H](C)C(=O)CC[C@]2(CO)[C@H]2CC[C@@]3(C)[C@@H](CC[C@]3(C)O)[C@@H]2C1. The van der Waals surface area contributed by atoms with Gasteiger partial charge in [-0.25, -0.2) is 0 Å². The van der Waals surface area contributed by atoms with E-state index >= 15 is 0 Å². The molecular weight excluding hydrogens is 312 g/mol. The molecule has 0 heterocycles. The van der Waals surface area contributed by atoms with Gasteiger partial charge in [0.05, 0.1) is 12.2 Å². The molecule has 4 aliphatic carbocycles. The van der Waals surface area contributed by atoms with Crippen molar-refractivity contribution in [2.24, 2.45) is 34.5 Å². The summed E-state index contributed by atoms with van der Waals surface area (Å²) in [7, 11) is 0. The molecule has 3 saturated carbocycles. The minimum Gasteiger partial charge on any atom is -0.395 e. The van der Waals surface area contributed by atoms with Crippen molar-refractivity contribution in [1.82, 2.24) is 0 Å². The first-order valence-corrected chi connectivity index (χ1v) is 10.2. The van der Waals surface area contributed by atoms with Gasteiger partial charge in [-0.2, -0.15) is 0 Å². The van der Waals surface area contributed by atoms with E-state index in [0.717, 1.165) is 38.5 Å². The molecule has 140 valence electrons. The summed E-state index contributed by atoms with van der Waals surface area (Å²) in [6.07, 6.45) is 6.60. The molecule has 0 spiro atoms.